The Morgan fingerprint density at radius 1 is 1.10 bits per heavy atom. The number of hydrogen-bond donors (Lipinski definition) is 2. The summed E-state index contributed by atoms with van der Waals surface area (Å²) in [7, 11) is 1.83. The number of carbonyl (C=O) groups is 2. The van der Waals surface area contributed by atoms with Gasteiger partial charge in [-0.25, -0.2) is 4.39 Å². The number of fused-ring (bicyclic) bond motifs is 2. The fraction of sp³-hybridized carbons (Fsp3) is 0.250. The molecule has 3 heterocycles. The number of aliphatic hydroxyl groups excluding tert-OH is 1. The van der Waals surface area contributed by atoms with Gasteiger partial charge in [0.1, 0.15) is 12.0 Å². The van der Waals surface area contributed by atoms with E-state index in [0.29, 0.717) is 22.9 Å². The first-order valence-electron chi connectivity index (χ1n) is 10.3. The molecular formula is C24H22FN3O3. The molecule has 2 aromatic carbocycles. The second-order valence-electron chi connectivity index (χ2n) is 8.07. The van der Waals surface area contributed by atoms with Crippen molar-refractivity contribution in [2.75, 3.05) is 0 Å². The highest BCUT2D eigenvalue weighted by molar-refractivity contribution is 6.13. The molecule has 0 saturated carbocycles. The summed E-state index contributed by atoms with van der Waals surface area (Å²) in [5, 5.41) is 14.4. The molecule has 5 rings (SSSR count). The molecule has 3 unspecified atom stereocenters. The molecule has 158 valence electrons. The van der Waals surface area contributed by atoms with Crippen LogP contribution in [-0.4, -0.2) is 26.1 Å². The third-order valence-electron chi connectivity index (χ3n) is 6.24. The van der Waals surface area contributed by atoms with E-state index in [4.69, 9.17) is 0 Å². The van der Waals surface area contributed by atoms with E-state index >= 15 is 0 Å². The van der Waals surface area contributed by atoms with Crippen molar-refractivity contribution in [3.63, 3.8) is 0 Å². The van der Waals surface area contributed by atoms with E-state index in [1.807, 2.05) is 42.8 Å². The van der Waals surface area contributed by atoms with Gasteiger partial charge in [-0.3, -0.25) is 14.9 Å². The second kappa shape index (κ2) is 7.06. The number of benzene rings is 2. The summed E-state index contributed by atoms with van der Waals surface area (Å²) in [5.41, 5.74) is 2.62. The van der Waals surface area contributed by atoms with E-state index in [2.05, 4.69) is 5.32 Å². The van der Waals surface area contributed by atoms with Gasteiger partial charge < -0.3 is 14.2 Å². The van der Waals surface area contributed by atoms with Crippen LogP contribution < -0.4 is 5.32 Å². The first-order chi connectivity index (χ1) is 14.9. The smallest absolute Gasteiger partial charge is 0.235 e. The molecule has 7 heteroatoms. The van der Waals surface area contributed by atoms with Gasteiger partial charge in [0.25, 0.3) is 0 Å². The molecular weight excluding hydrogens is 397 g/mol. The quantitative estimate of drug-likeness (QED) is 0.495. The Labute approximate surface area is 177 Å². The van der Waals surface area contributed by atoms with Gasteiger partial charge >= 0.3 is 0 Å². The lowest BCUT2D eigenvalue weighted by atomic mass is 9.82. The normalized spacial score (nSPS) is 20.0. The molecule has 2 aromatic heterocycles. The first kappa shape index (κ1) is 19.5. The number of imide groups is 1. The van der Waals surface area contributed by atoms with E-state index in [1.54, 1.807) is 23.0 Å². The maximum absolute atomic E-state index is 14.5. The number of nitrogens with zero attached hydrogens (tertiary/aromatic N) is 2. The summed E-state index contributed by atoms with van der Waals surface area (Å²) < 4.78 is 18.0. The summed E-state index contributed by atoms with van der Waals surface area (Å²) in [6.07, 6.45) is 3.29. The zero-order chi connectivity index (χ0) is 21.9. The van der Waals surface area contributed by atoms with Gasteiger partial charge in [0.15, 0.2) is 0 Å². The number of aromatic nitrogens is 2. The summed E-state index contributed by atoms with van der Waals surface area (Å²) >= 11 is 0. The number of carbonyl (C=O) groups excluding carboxylic acids is 2. The summed E-state index contributed by atoms with van der Waals surface area (Å²) in [4.78, 5) is 26.0. The topological polar surface area (TPSA) is 76.3 Å². The van der Waals surface area contributed by atoms with Crippen molar-refractivity contribution in [1.29, 1.82) is 0 Å². The van der Waals surface area contributed by atoms with Crippen LogP contribution in [0, 0.1) is 5.82 Å². The molecule has 0 aliphatic carbocycles. The molecule has 6 nitrogen and oxygen atoms in total. The number of nitrogens with one attached hydrogen (secondary N) is 1. The lowest BCUT2D eigenvalue weighted by Gasteiger charge is -2.18. The van der Waals surface area contributed by atoms with Crippen molar-refractivity contribution in [3.05, 3.63) is 71.8 Å². The maximum atomic E-state index is 14.5. The second-order valence-corrected chi connectivity index (χ2v) is 8.07. The summed E-state index contributed by atoms with van der Waals surface area (Å²) in [6.45, 7) is 1.87. The molecule has 0 radical (unpaired) electrons. The Balaban J connectivity index is 1.76. The van der Waals surface area contributed by atoms with Gasteiger partial charge in [0, 0.05) is 30.2 Å². The van der Waals surface area contributed by atoms with Crippen LogP contribution in [0.4, 0.5) is 4.39 Å². The minimum absolute atomic E-state index is 0.421. The van der Waals surface area contributed by atoms with Crippen molar-refractivity contribution in [2.24, 2.45) is 7.05 Å². The molecule has 2 N–H and O–H groups in total. The zero-order valence-electron chi connectivity index (χ0n) is 17.2. The Morgan fingerprint density at radius 2 is 1.81 bits per heavy atom. The average Bonchev–Trinajstić information content (AvgIpc) is 3.40. The third kappa shape index (κ3) is 2.88. The number of aliphatic hydroxyl groups is 1. The predicted octanol–water partition coefficient (Wildman–Crippen LogP) is 3.70. The SMILES string of the molecule is CCC(O)n1cc(C2C(=O)NC(=O)C2c2cc(F)cc3ccn(C)c23)c2ccccc21. The van der Waals surface area contributed by atoms with Crippen LogP contribution in [0.1, 0.15) is 42.5 Å². The predicted molar refractivity (Wildman–Crippen MR) is 115 cm³/mol. The van der Waals surface area contributed by atoms with Crippen molar-refractivity contribution < 1.29 is 19.1 Å². The lowest BCUT2D eigenvalue weighted by molar-refractivity contribution is -0.125. The van der Waals surface area contributed by atoms with Gasteiger partial charge in [-0.15, -0.1) is 0 Å². The largest absolute Gasteiger partial charge is 0.373 e. The van der Waals surface area contributed by atoms with E-state index in [-0.39, 0.29) is 0 Å². The van der Waals surface area contributed by atoms with Gasteiger partial charge in [-0.1, -0.05) is 25.1 Å². The van der Waals surface area contributed by atoms with E-state index in [9.17, 15) is 19.1 Å². The van der Waals surface area contributed by atoms with Crippen LogP contribution in [0.2, 0.25) is 0 Å². The van der Waals surface area contributed by atoms with Crippen molar-refractivity contribution in [3.8, 4) is 0 Å². The highest BCUT2D eigenvalue weighted by Crippen LogP contribution is 2.44. The number of hydrogen-bond acceptors (Lipinski definition) is 3. The third-order valence-corrected chi connectivity index (χ3v) is 6.24. The highest BCUT2D eigenvalue weighted by atomic mass is 19.1. The molecule has 1 fully saturated rings. The van der Waals surface area contributed by atoms with Gasteiger partial charge in [0.2, 0.25) is 11.8 Å². The molecule has 1 aliphatic heterocycles. The van der Waals surface area contributed by atoms with Crippen LogP contribution in [-0.2, 0) is 16.6 Å². The van der Waals surface area contributed by atoms with Gasteiger partial charge in [-0.2, -0.15) is 0 Å². The number of aryl methyl sites for hydroxylation is 1. The number of para-hydroxylation sites is 1. The molecule has 0 spiro atoms. The van der Waals surface area contributed by atoms with Crippen LogP contribution in [0.25, 0.3) is 21.8 Å². The molecule has 0 bridgehead atoms. The lowest BCUT2D eigenvalue weighted by Crippen LogP contribution is -2.22. The zero-order valence-corrected chi connectivity index (χ0v) is 17.2. The highest BCUT2D eigenvalue weighted by Gasteiger charge is 2.46. The fourth-order valence-corrected chi connectivity index (χ4v) is 4.82. The van der Waals surface area contributed by atoms with Gasteiger partial charge in [-0.05, 0) is 41.8 Å². The van der Waals surface area contributed by atoms with Crippen molar-refractivity contribution >= 4 is 33.6 Å². The molecule has 4 aromatic rings. The minimum Gasteiger partial charge on any atom is -0.373 e. The Hall–Kier alpha value is -3.45. The van der Waals surface area contributed by atoms with Gasteiger partial charge in [0.05, 0.1) is 22.9 Å². The van der Waals surface area contributed by atoms with Crippen LogP contribution in [0.15, 0.2) is 54.9 Å². The molecule has 31 heavy (non-hydrogen) atoms. The molecule has 2 amide bonds. The molecule has 1 saturated heterocycles. The summed E-state index contributed by atoms with van der Waals surface area (Å²) in [5.74, 6) is -3.03. The fourth-order valence-electron chi connectivity index (χ4n) is 4.82. The van der Waals surface area contributed by atoms with Crippen molar-refractivity contribution in [1.82, 2.24) is 14.5 Å². The van der Waals surface area contributed by atoms with E-state index < -0.39 is 35.7 Å². The maximum Gasteiger partial charge on any atom is 0.235 e. The van der Waals surface area contributed by atoms with E-state index in [1.165, 1.54) is 12.1 Å². The Bertz CT molecular complexity index is 1350. The first-order valence-corrected chi connectivity index (χ1v) is 10.3. The number of rotatable bonds is 4. The van der Waals surface area contributed by atoms with Crippen LogP contribution in [0.3, 0.4) is 0 Å². The minimum atomic E-state index is -0.877. The molecule has 3 atom stereocenters. The van der Waals surface area contributed by atoms with Crippen molar-refractivity contribution in [2.45, 2.75) is 31.4 Å². The number of amides is 2. The van der Waals surface area contributed by atoms with E-state index in [0.717, 1.165) is 16.4 Å². The monoisotopic (exact) mass is 419 g/mol. The van der Waals surface area contributed by atoms with Crippen LogP contribution in [0.5, 0.6) is 0 Å². The Morgan fingerprint density at radius 3 is 2.55 bits per heavy atom. The standard InChI is InChI=1S/C24H22FN3O3/c1-3-19(29)28-12-17(15-6-4-5-7-18(15)28)21-20(23(30)26-24(21)31)16-11-14(25)10-13-8-9-27(2)22(13)16/h4-12,19-21,29H,3H2,1-2H3,(H,26,30,31). The van der Waals surface area contributed by atoms with Crippen LogP contribution >= 0.6 is 0 Å². The average molecular weight is 419 g/mol. The summed E-state index contributed by atoms with van der Waals surface area (Å²) in [6, 6.07) is 12.0. The Kier molecular flexibility index (Phi) is 4.44. The number of halogens is 1. The molecule has 1 aliphatic rings.